The fraction of sp³-hybridized carbons (Fsp3) is 0.556. The average molecular weight is 426 g/mol. The number of amides is 1. The lowest BCUT2D eigenvalue weighted by molar-refractivity contribution is -0.164. The van der Waals surface area contributed by atoms with E-state index in [1.807, 2.05) is 13.8 Å². The number of ether oxygens (including phenoxy) is 2. The second-order valence-corrected chi connectivity index (χ2v) is 9.04. The summed E-state index contributed by atoms with van der Waals surface area (Å²) in [5, 5.41) is 2.71. The molecular formula is C18H22N2O8S. The third-order valence-electron chi connectivity index (χ3n) is 4.76. The number of hydrogen-bond acceptors (Lipinski definition) is 10. The van der Waals surface area contributed by atoms with Crippen molar-refractivity contribution in [3.05, 3.63) is 33.9 Å². The molecule has 3 heterocycles. The number of nitrogens with zero attached hydrogens (tertiary/aromatic N) is 1. The number of carbonyl (C=O) groups is 3. The third-order valence-corrected chi connectivity index (χ3v) is 6.34. The Bertz CT molecular complexity index is 931. The van der Waals surface area contributed by atoms with Crippen LogP contribution in [0.2, 0.25) is 0 Å². The molecule has 1 aromatic rings. The van der Waals surface area contributed by atoms with Gasteiger partial charge in [0.05, 0.1) is 7.11 Å². The van der Waals surface area contributed by atoms with Gasteiger partial charge < -0.3 is 28.5 Å². The Kier molecular flexibility index (Phi) is 5.52. The Labute approximate surface area is 170 Å². The summed E-state index contributed by atoms with van der Waals surface area (Å²) in [6, 6.07) is -1.36. The second kappa shape index (κ2) is 7.62. The maximum atomic E-state index is 12.7. The fourth-order valence-electron chi connectivity index (χ4n) is 3.37. The lowest BCUT2D eigenvalue weighted by atomic mass is 9.96. The quantitative estimate of drug-likeness (QED) is 0.394. The lowest BCUT2D eigenvalue weighted by Crippen LogP contribution is -2.69. The number of thioether (sulfide) groups is 1. The summed E-state index contributed by atoms with van der Waals surface area (Å²) in [5.41, 5.74) is 0.491. The highest BCUT2D eigenvalue weighted by Crippen LogP contribution is 2.51. The molecule has 158 valence electrons. The van der Waals surface area contributed by atoms with Crippen molar-refractivity contribution in [2.24, 2.45) is 0 Å². The van der Waals surface area contributed by atoms with Crippen molar-refractivity contribution in [1.82, 2.24) is 10.2 Å². The van der Waals surface area contributed by atoms with E-state index in [4.69, 9.17) is 13.6 Å². The maximum Gasteiger partial charge on any atom is 0.519 e. The van der Waals surface area contributed by atoms with Crippen LogP contribution >= 0.6 is 11.8 Å². The molecule has 2 aliphatic heterocycles. The minimum Gasteiger partial charge on any atom is -0.466 e. The molecule has 1 aromatic heterocycles. The lowest BCUT2D eigenvalue weighted by Gasteiger charge is -2.44. The Morgan fingerprint density at radius 1 is 1.31 bits per heavy atom. The summed E-state index contributed by atoms with van der Waals surface area (Å²) >= 11 is 1.47. The first-order valence-electron chi connectivity index (χ1n) is 8.84. The topological polar surface area (TPSA) is 128 Å². The molecule has 29 heavy (non-hydrogen) atoms. The molecule has 2 aliphatic rings. The van der Waals surface area contributed by atoms with E-state index in [-0.39, 0.29) is 29.4 Å². The van der Waals surface area contributed by atoms with E-state index in [0.717, 1.165) is 0 Å². The van der Waals surface area contributed by atoms with E-state index in [2.05, 4.69) is 10.1 Å². The van der Waals surface area contributed by atoms with E-state index in [0.29, 0.717) is 5.70 Å². The van der Waals surface area contributed by atoms with Gasteiger partial charge in [-0.1, -0.05) is 0 Å². The summed E-state index contributed by atoms with van der Waals surface area (Å²) in [5.74, 6) is -1.90. The van der Waals surface area contributed by atoms with Gasteiger partial charge in [-0.3, -0.25) is 4.79 Å². The smallest absolute Gasteiger partial charge is 0.466 e. The summed E-state index contributed by atoms with van der Waals surface area (Å²) in [4.78, 5) is 49.3. The van der Waals surface area contributed by atoms with Crippen molar-refractivity contribution in [3.8, 4) is 0 Å². The van der Waals surface area contributed by atoms with Gasteiger partial charge in [0.15, 0.2) is 18.1 Å². The molecule has 11 heteroatoms. The van der Waals surface area contributed by atoms with Crippen LogP contribution in [0.3, 0.4) is 0 Å². The first kappa shape index (κ1) is 21.0. The van der Waals surface area contributed by atoms with Crippen LogP contribution in [0.4, 0.5) is 0 Å². The first-order valence-corrected chi connectivity index (χ1v) is 9.72. The predicted octanol–water partition coefficient (Wildman–Crippen LogP) is 0.682. The van der Waals surface area contributed by atoms with Gasteiger partial charge in [-0.15, -0.1) is 11.8 Å². The number of β-lactam (4-membered cyclic amide) rings is 1. The van der Waals surface area contributed by atoms with Crippen LogP contribution in [-0.2, 0) is 30.5 Å². The molecule has 0 unspecified atom stereocenters. The number of hydrogen-bond donors (Lipinski definition) is 1. The zero-order valence-corrected chi connectivity index (χ0v) is 17.5. The van der Waals surface area contributed by atoms with E-state index in [1.54, 1.807) is 6.92 Å². The SMILES string of the molecule is COC(=O)/C=C(\C)N[C@@H]1C(=O)N2[C@@H]1SC(C)(C)[C@@H]2C(=O)OCc1oc(=O)oc1C. The van der Waals surface area contributed by atoms with Crippen molar-refractivity contribution in [1.29, 1.82) is 0 Å². The molecule has 0 spiro atoms. The molecule has 10 nitrogen and oxygen atoms in total. The summed E-state index contributed by atoms with van der Waals surface area (Å²) < 4.78 is 18.8. The Morgan fingerprint density at radius 3 is 2.59 bits per heavy atom. The van der Waals surface area contributed by atoms with Crippen LogP contribution in [0.15, 0.2) is 25.4 Å². The number of carbonyl (C=O) groups excluding carboxylic acids is 3. The number of fused-ring (bicyclic) bond motifs is 1. The Balaban J connectivity index is 1.68. The molecular weight excluding hydrogens is 404 g/mol. The molecule has 0 aromatic carbocycles. The Hall–Kier alpha value is -2.69. The van der Waals surface area contributed by atoms with Crippen LogP contribution < -0.4 is 11.1 Å². The molecule has 1 N–H and O–H groups in total. The number of rotatable bonds is 6. The molecule has 2 saturated heterocycles. The first-order chi connectivity index (χ1) is 13.5. The van der Waals surface area contributed by atoms with Crippen LogP contribution in [0.5, 0.6) is 0 Å². The number of methoxy groups -OCH3 is 1. The van der Waals surface area contributed by atoms with Crippen molar-refractivity contribution < 1.29 is 32.7 Å². The van der Waals surface area contributed by atoms with Crippen LogP contribution in [-0.4, -0.2) is 52.1 Å². The normalized spacial score (nSPS) is 25.3. The Morgan fingerprint density at radius 2 is 2.00 bits per heavy atom. The third kappa shape index (κ3) is 3.91. The highest BCUT2D eigenvalue weighted by molar-refractivity contribution is 8.01. The number of esters is 2. The highest BCUT2D eigenvalue weighted by atomic mass is 32.2. The molecule has 0 saturated carbocycles. The number of allylic oxidation sites excluding steroid dienone is 1. The molecule has 0 aliphatic carbocycles. The van der Waals surface area contributed by atoms with Gasteiger partial charge >= 0.3 is 17.8 Å². The summed E-state index contributed by atoms with van der Waals surface area (Å²) in [7, 11) is 1.27. The van der Waals surface area contributed by atoms with Gasteiger partial charge in [0.2, 0.25) is 5.91 Å². The van der Waals surface area contributed by atoms with Gasteiger partial charge in [-0.2, -0.15) is 0 Å². The molecule has 0 radical (unpaired) electrons. The van der Waals surface area contributed by atoms with Crippen LogP contribution in [0.25, 0.3) is 0 Å². The van der Waals surface area contributed by atoms with Gasteiger partial charge in [0.1, 0.15) is 17.5 Å². The van der Waals surface area contributed by atoms with Gasteiger partial charge in [-0.25, -0.2) is 14.4 Å². The van der Waals surface area contributed by atoms with Crippen LogP contribution in [0, 0.1) is 6.92 Å². The van der Waals surface area contributed by atoms with E-state index in [9.17, 15) is 19.2 Å². The molecule has 1 amide bonds. The van der Waals surface area contributed by atoms with E-state index < -0.39 is 34.6 Å². The molecule has 2 fully saturated rings. The van der Waals surface area contributed by atoms with Crippen molar-refractivity contribution in [2.75, 3.05) is 7.11 Å². The summed E-state index contributed by atoms with van der Waals surface area (Å²) in [6.45, 7) is 6.63. The van der Waals surface area contributed by atoms with Gasteiger partial charge in [0.25, 0.3) is 0 Å². The monoisotopic (exact) mass is 426 g/mol. The maximum absolute atomic E-state index is 12.7. The number of nitrogens with one attached hydrogen (secondary N) is 1. The summed E-state index contributed by atoms with van der Waals surface area (Å²) in [6.07, 6.45) is 1.26. The zero-order chi connectivity index (χ0) is 21.5. The van der Waals surface area contributed by atoms with Crippen molar-refractivity contribution in [3.63, 3.8) is 0 Å². The van der Waals surface area contributed by atoms with Crippen molar-refractivity contribution in [2.45, 2.75) is 56.5 Å². The van der Waals surface area contributed by atoms with Crippen LogP contribution in [0.1, 0.15) is 32.3 Å². The second-order valence-electron chi connectivity index (χ2n) is 7.27. The van der Waals surface area contributed by atoms with Gasteiger partial charge in [0, 0.05) is 16.5 Å². The standard InChI is InChI=1S/C18H22N2O8S/c1-8(6-11(21)25-5)19-12-14(22)20-13(18(3,4)29-15(12)20)16(23)26-7-10-9(2)27-17(24)28-10/h6,12-13,15,19H,7H2,1-5H3/b8-6+/t12-,13+,15-/m1/s1. The predicted molar refractivity (Wildman–Crippen MR) is 101 cm³/mol. The average Bonchev–Trinajstić information content (AvgIpc) is 3.10. The molecule has 3 atom stereocenters. The molecule has 0 bridgehead atoms. The minimum absolute atomic E-state index is 0.126. The van der Waals surface area contributed by atoms with E-state index >= 15 is 0 Å². The fourth-order valence-corrected chi connectivity index (χ4v) is 4.99. The van der Waals surface area contributed by atoms with Gasteiger partial charge in [-0.05, 0) is 27.7 Å². The van der Waals surface area contributed by atoms with Crippen molar-refractivity contribution >= 4 is 29.6 Å². The minimum atomic E-state index is -0.868. The zero-order valence-electron chi connectivity index (χ0n) is 16.6. The largest absolute Gasteiger partial charge is 0.519 e. The van der Waals surface area contributed by atoms with E-state index in [1.165, 1.54) is 36.8 Å². The molecule has 3 rings (SSSR count). The number of aryl methyl sites for hydroxylation is 1. The highest BCUT2D eigenvalue weighted by Gasteiger charge is 2.64.